The number of nitriles is 2. The third kappa shape index (κ3) is 5.21. The maximum Gasteiger partial charge on any atom is 0.348 e. The molecule has 0 aliphatic carbocycles. The van der Waals surface area contributed by atoms with Crippen LogP contribution in [-0.4, -0.2) is 29.4 Å². The minimum Gasteiger partial charge on any atom is -0.478 e. The zero-order valence-corrected chi connectivity index (χ0v) is 20.0. The van der Waals surface area contributed by atoms with Crippen molar-refractivity contribution < 1.29 is 28.6 Å². The molecule has 3 aromatic rings. The van der Waals surface area contributed by atoms with Gasteiger partial charge in [-0.25, -0.2) is 9.59 Å². The highest BCUT2D eigenvalue weighted by Gasteiger charge is 2.23. The fourth-order valence-electron chi connectivity index (χ4n) is 3.50. The van der Waals surface area contributed by atoms with Crippen LogP contribution in [0.2, 0.25) is 0 Å². The molecule has 0 unspecified atom stereocenters. The number of thiophene rings is 1. The number of allylic oxidation sites excluding steroid dienone is 1. The van der Waals surface area contributed by atoms with Gasteiger partial charge in [0.2, 0.25) is 0 Å². The molecule has 1 aromatic carbocycles. The number of carboxylic acid groups (broad SMARTS) is 1. The normalized spacial score (nSPS) is 10.9. The second-order valence-corrected chi connectivity index (χ2v) is 8.55. The van der Waals surface area contributed by atoms with Gasteiger partial charge in [0, 0.05) is 22.9 Å². The number of benzene rings is 1. The van der Waals surface area contributed by atoms with Crippen LogP contribution in [0.15, 0.2) is 40.3 Å². The molecule has 0 atom stereocenters. The maximum absolute atomic E-state index is 12.9. The number of ether oxygens (including phenoxy) is 1. The number of carbonyl (C=O) groups is 3. The van der Waals surface area contributed by atoms with E-state index in [2.05, 4.69) is 0 Å². The van der Waals surface area contributed by atoms with Crippen molar-refractivity contribution in [3.8, 4) is 23.5 Å². The smallest absolute Gasteiger partial charge is 0.348 e. The fourth-order valence-corrected chi connectivity index (χ4v) is 4.65. The standard InChI is InChI=1S/C26H20N2O6S/c1-4-33-26(32)24-15(3)20(13-28)23(35-24)11-21(29)16(12-27)10-17-8-9-22(34-17)18-6-5-7-19(14(18)2)25(30)31/h5-10H,4,11H2,1-3H3,(H,30,31)/b16-10+. The van der Waals surface area contributed by atoms with Crippen LogP contribution < -0.4 is 0 Å². The van der Waals surface area contributed by atoms with Crippen molar-refractivity contribution in [2.24, 2.45) is 0 Å². The molecule has 0 radical (unpaired) electrons. The Balaban J connectivity index is 1.89. The van der Waals surface area contributed by atoms with E-state index in [0.29, 0.717) is 27.3 Å². The number of hydrogen-bond acceptors (Lipinski definition) is 8. The van der Waals surface area contributed by atoms with Gasteiger partial charge in [-0.15, -0.1) is 11.3 Å². The first kappa shape index (κ1) is 25.2. The second kappa shape index (κ2) is 10.6. The van der Waals surface area contributed by atoms with Gasteiger partial charge in [0.15, 0.2) is 5.78 Å². The molecule has 9 heteroatoms. The summed E-state index contributed by atoms with van der Waals surface area (Å²) in [5, 5.41) is 28.4. The van der Waals surface area contributed by atoms with E-state index in [-0.39, 0.29) is 40.4 Å². The largest absolute Gasteiger partial charge is 0.478 e. The van der Waals surface area contributed by atoms with Crippen molar-refractivity contribution in [1.29, 1.82) is 10.5 Å². The van der Waals surface area contributed by atoms with Crippen LogP contribution in [-0.2, 0) is 16.0 Å². The van der Waals surface area contributed by atoms with Gasteiger partial charge >= 0.3 is 11.9 Å². The summed E-state index contributed by atoms with van der Waals surface area (Å²) in [6.07, 6.45) is 1.06. The van der Waals surface area contributed by atoms with E-state index in [4.69, 9.17) is 9.15 Å². The van der Waals surface area contributed by atoms with Gasteiger partial charge in [0.05, 0.1) is 23.3 Å². The van der Waals surface area contributed by atoms with Crippen LogP contribution in [0.1, 0.15) is 54.3 Å². The number of furan rings is 1. The molecule has 0 aliphatic rings. The van der Waals surface area contributed by atoms with Crippen molar-refractivity contribution in [2.45, 2.75) is 27.2 Å². The van der Waals surface area contributed by atoms with Crippen LogP contribution >= 0.6 is 11.3 Å². The molecule has 3 rings (SSSR count). The molecule has 8 nitrogen and oxygen atoms in total. The van der Waals surface area contributed by atoms with Gasteiger partial charge in [0.1, 0.15) is 28.5 Å². The first-order valence-corrected chi connectivity index (χ1v) is 11.3. The quantitative estimate of drug-likeness (QED) is 0.262. The molecule has 176 valence electrons. The van der Waals surface area contributed by atoms with Gasteiger partial charge in [-0.05, 0) is 50.1 Å². The highest BCUT2D eigenvalue weighted by atomic mass is 32.1. The van der Waals surface area contributed by atoms with Gasteiger partial charge in [-0.1, -0.05) is 12.1 Å². The Morgan fingerprint density at radius 3 is 2.51 bits per heavy atom. The molecule has 0 aliphatic heterocycles. The molecule has 35 heavy (non-hydrogen) atoms. The summed E-state index contributed by atoms with van der Waals surface area (Å²) in [6.45, 7) is 5.13. The molecule has 0 saturated heterocycles. The molecule has 2 heterocycles. The van der Waals surface area contributed by atoms with Crippen molar-refractivity contribution in [2.75, 3.05) is 6.61 Å². The Bertz CT molecular complexity index is 1450. The highest BCUT2D eigenvalue weighted by Crippen LogP contribution is 2.31. The summed E-state index contributed by atoms with van der Waals surface area (Å²) >= 11 is 1.00. The minimum atomic E-state index is -1.06. The average Bonchev–Trinajstić information content (AvgIpc) is 3.41. The number of carboxylic acids is 1. The first-order valence-electron chi connectivity index (χ1n) is 10.5. The number of ketones is 1. The van der Waals surface area contributed by atoms with E-state index in [1.54, 1.807) is 45.0 Å². The van der Waals surface area contributed by atoms with E-state index in [1.165, 1.54) is 12.1 Å². The highest BCUT2D eigenvalue weighted by molar-refractivity contribution is 7.14. The Morgan fingerprint density at radius 1 is 1.14 bits per heavy atom. The lowest BCUT2D eigenvalue weighted by molar-refractivity contribution is -0.114. The van der Waals surface area contributed by atoms with Crippen LogP contribution in [0.3, 0.4) is 0 Å². The van der Waals surface area contributed by atoms with Crippen molar-refractivity contribution in [1.82, 2.24) is 0 Å². The molecule has 1 N–H and O–H groups in total. The molecule has 0 saturated carbocycles. The summed E-state index contributed by atoms with van der Waals surface area (Å²) in [6, 6.07) is 11.9. The van der Waals surface area contributed by atoms with Gasteiger partial charge in [-0.3, -0.25) is 4.79 Å². The summed E-state index contributed by atoms with van der Waals surface area (Å²) in [5.74, 6) is -1.53. The lowest BCUT2D eigenvalue weighted by Crippen LogP contribution is -2.05. The zero-order chi connectivity index (χ0) is 25.7. The molecular formula is C26H20N2O6S. The van der Waals surface area contributed by atoms with E-state index in [0.717, 1.165) is 11.3 Å². The SMILES string of the molecule is CCOC(=O)c1sc(CC(=O)/C(C#N)=C/c2ccc(-c3cccc(C(=O)O)c3C)o2)c(C#N)c1C. The summed E-state index contributed by atoms with van der Waals surface area (Å²) in [7, 11) is 0. The van der Waals surface area contributed by atoms with E-state index in [9.17, 15) is 30.0 Å². The Hall–Kier alpha value is -4.47. The lowest BCUT2D eigenvalue weighted by Gasteiger charge is -2.05. The number of aromatic carboxylic acids is 1. The Labute approximate surface area is 205 Å². The Kier molecular flexibility index (Phi) is 7.65. The molecule has 2 aromatic heterocycles. The molecule has 0 fully saturated rings. The van der Waals surface area contributed by atoms with Crippen molar-refractivity contribution in [3.05, 3.63) is 73.7 Å². The van der Waals surface area contributed by atoms with Gasteiger partial charge in [-0.2, -0.15) is 10.5 Å². The van der Waals surface area contributed by atoms with Crippen LogP contribution in [0, 0.1) is 36.5 Å². The summed E-state index contributed by atoms with van der Waals surface area (Å²) in [5.41, 5.74) is 1.72. The maximum atomic E-state index is 12.9. The molecule has 0 spiro atoms. The van der Waals surface area contributed by atoms with E-state index >= 15 is 0 Å². The van der Waals surface area contributed by atoms with Crippen molar-refractivity contribution in [3.63, 3.8) is 0 Å². The third-order valence-corrected chi connectivity index (χ3v) is 6.55. The van der Waals surface area contributed by atoms with Gasteiger partial charge in [0.25, 0.3) is 0 Å². The van der Waals surface area contributed by atoms with E-state index < -0.39 is 17.7 Å². The predicted molar refractivity (Wildman–Crippen MR) is 128 cm³/mol. The molecular weight excluding hydrogens is 468 g/mol. The lowest BCUT2D eigenvalue weighted by atomic mass is 10.0. The van der Waals surface area contributed by atoms with E-state index in [1.807, 2.05) is 12.1 Å². The third-order valence-electron chi connectivity index (χ3n) is 5.28. The molecule has 0 amide bonds. The summed E-state index contributed by atoms with van der Waals surface area (Å²) < 4.78 is 10.8. The number of rotatable bonds is 8. The Morgan fingerprint density at radius 2 is 1.89 bits per heavy atom. The average molecular weight is 489 g/mol. The zero-order valence-electron chi connectivity index (χ0n) is 19.2. The van der Waals surface area contributed by atoms with Crippen LogP contribution in [0.25, 0.3) is 17.4 Å². The number of hydrogen-bond donors (Lipinski definition) is 1. The number of nitrogens with zero attached hydrogens (tertiary/aromatic N) is 2. The number of carbonyl (C=O) groups excluding carboxylic acids is 2. The number of esters is 1. The first-order chi connectivity index (χ1) is 16.7. The minimum absolute atomic E-state index is 0.144. The van der Waals surface area contributed by atoms with Crippen LogP contribution in [0.5, 0.6) is 0 Å². The topological polar surface area (TPSA) is 141 Å². The predicted octanol–water partition coefficient (Wildman–Crippen LogP) is 5.09. The van der Waals surface area contributed by atoms with Crippen molar-refractivity contribution >= 4 is 35.1 Å². The second-order valence-electron chi connectivity index (χ2n) is 7.44. The fraction of sp³-hybridized carbons (Fsp3) is 0.192. The summed E-state index contributed by atoms with van der Waals surface area (Å²) in [4.78, 5) is 37.0. The van der Waals surface area contributed by atoms with Crippen LogP contribution in [0.4, 0.5) is 0 Å². The molecule has 0 bridgehead atoms. The monoisotopic (exact) mass is 488 g/mol. The number of Topliss-reactive ketones (excluding diaryl/α,β-unsaturated/α-hetero) is 1. The van der Waals surface area contributed by atoms with Gasteiger partial charge < -0.3 is 14.3 Å².